The number of nitrogens with zero attached hydrogens (tertiary/aromatic N) is 1. The molecule has 0 atom stereocenters. The molecule has 0 aliphatic carbocycles. The zero-order chi connectivity index (χ0) is 9.68. The van der Waals surface area contributed by atoms with Gasteiger partial charge in [0.1, 0.15) is 5.57 Å². The molecule has 0 amide bonds. The minimum atomic E-state index is -1.25. The normalized spacial score (nSPS) is 10.9. The zero-order valence-corrected chi connectivity index (χ0v) is 6.68. The van der Waals surface area contributed by atoms with E-state index in [-0.39, 0.29) is 11.9 Å². The number of hydrogen-bond acceptors (Lipinski definition) is 3. The molecule has 0 fully saturated rings. The molecule has 0 saturated carbocycles. The highest BCUT2D eigenvalue weighted by Crippen LogP contribution is 2.01. The molecular formula is C9H7NO3. The maximum Gasteiger partial charge on any atom is 0.339 e. The average molecular weight is 177 g/mol. The predicted molar refractivity (Wildman–Crippen MR) is 45.9 cm³/mol. The highest BCUT2D eigenvalue weighted by atomic mass is 16.4. The van der Waals surface area contributed by atoms with E-state index in [0.717, 1.165) is 0 Å². The third-order valence-corrected chi connectivity index (χ3v) is 1.37. The van der Waals surface area contributed by atoms with E-state index in [1.54, 1.807) is 18.2 Å². The van der Waals surface area contributed by atoms with Crippen molar-refractivity contribution >= 4 is 18.3 Å². The maximum atomic E-state index is 10.4. The number of aromatic nitrogens is 1. The first-order valence-electron chi connectivity index (χ1n) is 3.55. The molecule has 0 aliphatic rings. The third-order valence-electron chi connectivity index (χ3n) is 1.37. The lowest BCUT2D eigenvalue weighted by Gasteiger charge is -1.92. The smallest absolute Gasteiger partial charge is 0.339 e. The van der Waals surface area contributed by atoms with E-state index in [1.165, 1.54) is 12.3 Å². The van der Waals surface area contributed by atoms with Gasteiger partial charge < -0.3 is 5.11 Å². The van der Waals surface area contributed by atoms with Gasteiger partial charge in [0, 0.05) is 6.20 Å². The summed E-state index contributed by atoms with van der Waals surface area (Å²) in [5, 5.41) is 8.51. The van der Waals surface area contributed by atoms with Crippen LogP contribution in [0.2, 0.25) is 0 Å². The van der Waals surface area contributed by atoms with Crippen LogP contribution >= 0.6 is 0 Å². The molecule has 4 heteroatoms. The number of pyridine rings is 1. The molecule has 4 nitrogen and oxygen atoms in total. The van der Waals surface area contributed by atoms with Crippen molar-refractivity contribution in [3.63, 3.8) is 0 Å². The summed E-state index contributed by atoms with van der Waals surface area (Å²) in [4.78, 5) is 24.5. The lowest BCUT2D eigenvalue weighted by molar-refractivity contribution is -0.133. The monoisotopic (exact) mass is 177 g/mol. The quantitative estimate of drug-likeness (QED) is 0.320. The van der Waals surface area contributed by atoms with E-state index in [2.05, 4.69) is 4.98 Å². The Bertz CT molecular complexity index is 343. The largest absolute Gasteiger partial charge is 0.478 e. The summed E-state index contributed by atoms with van der Waals surface area (Å²) in [5.41, 5.74) is 0.144. The van der Waals surface area contributed by atoms with Gasteiger partial charge in [-0.3, -0.25) is 9.78 Å². The summed E-state index contributed by atoms with van der Waals surface area (Å²) in [6.45, 7) is 0. The zero-order valence-electron chi connectivity index (χ0n) is 6.68. The minimum absolute atomic E-state index is 0.289. The summed E-state index contributed by atoms with van der Waals surface area (Å²) < 4.78 is 0. The minimum Gasteiger partial charge on any atom is -0.478 e. The fourth-order valence-corrected chi connectivity index (χ4v) is 0.767. The van der Waals surface area contributed by atoms with Crippen molar-refractivity contribution in [1.29, 1.82) is 0 Å². The fraction of sp³-hybridized carbons (Fsp3) is 0. The lowest BCUT2D eigenvalue weighted by atomic mass is 10.2. The number of rotatable bonds is 3. The molecule has 0 aliphatic heterocycles. The van der Waals surface area contributed by atoms with Crippen LogP contribution in [-0.4, -0.2) is 22.3 Å². The van der Waals surface area contributed by atoms with Crippen molar-refractivity contribution in [1.82, 2.24) is 4.98 Å². The van der Waals surface area contributed by atoms with Crippen molar-refractivity contribution < 1.29 is 14.7 Å². The van der Waals surface area contributed by atoms with Gasteiger partial charge in [-0.2, -0.15) is 0 Å². The van der Waals surface area contributed by atoms with Crippen molar-refractivity contribution in [3.8, 4) is 0 Å². The summed E-state index contributed by atoms with van der Waals surface area (Å²) in [7, 11) is 0. The Hall–Kier alpha value is -1.97. The molecule has 1 heterocycles. The van der Waals surface area contributed by atoms with Gasteiger partial charge in [-0.25, -0.2) is 4.79 Å². The van der Waals surface area contributed by atoms with Crippen LogP contribution in [0.3, 0.4) is 0 Å². The Kier molecular flexibility index (Phi) is 2.92. The number of aldehydes is 1. The van der Waals surface area contributed by atoms with Crippen LogP contribution in [0.4, 0.5) is 0 Å². The molecule has 13 heavy (non-hydrogen) atoms. The van der Waals surface area contributed by atoms with Crippen LogP contribution in [-0.2, 0) is 9.59 Å². The molecule has 0 radical (unpaired) electrons. The molecule has 0 saturated heterocycles. The molecule has 1 aromatic heterocycles. The standard InChI is InChI=1S/C9H7NO3/c11-6-7(9(12)13)5-8-3-1-2-4-10-8/h1-6H,(H,12,13). The molecule has 0 aromatic carbocycles. The Balaban J connectivity index is 2.98. The van der Waals surface area contributed by atoms with E-state index in [0.29, 0.717) is 5.69 Å². The van der Waals surface area contributed by atoms with E-state index in [4.69, 9.17) is 5.11 Å². The highest BCUT2D eigenvalue weighted by Gasteiger charge is 2.04. The van der Waals surface area contributed by atoms with Crippen LogP contribution < -0.4 is 0 Å². The molecule has 1 aromatic rings. The number of carboxylic acids is 1. The van der Waals surface area contributed by atoms with Gasteiger partial charge in [0.05, 0.1) is 5.69 Å². The van der Waals surface area contributed by atoms with E-state index >= 15 is 0 Å². The van der Waals surface area contributed by atoms with Crippen LogP contribution in [0.5, 0.6) is 0 Å². The second-order valence-electron chi connectivity index (χ2n) is 2.28. The molecular weight excluding hydrogens is 170 g/mol. The molecule has 66 valence electrons. The van der Waals surface area contributed by atoms with Gasteiger partial charge in [0.25, 0.3) is 0 Å². The van der Waals surface area contributed by atoms with Gasteiger partial charge >= 0.3 is 5.97 Å². The second kappa shape index (κ2) is 4.15. The topological polar surface area (TPSA) is 67.3 Å². The predicted octanol–water partition coefficient (Wildman–Crippen LogP) is 0.748. The van der Waals surface area contributed by atoms with Crippen molar-refractivity contribution in [2.24, 2.45) is 0 Å². The van der Waals surface area contributed by atoms with Crippen molar-refractivity contribution in [3.05, 3.63) is 35.7 Å². The molecule has 0 bridgehead atoms. The summed E-state index contributed by atoms with van der Waals surface area (Å²) in [5.74, 6) is -1.25. The Labute approximate surface area is 74.5 Å². The fourth-order valence-electron chi connectivity index (χ4n) is 0.767. The summed E-state index contributed by atoms with van der Waals surface area (Å²) in [6, 6.07) is 5.04. The lowest BCUT2D eigenvalue weighted by Crippen LogP contribution is -2.01. The van der Waals surface area contributed by atoms with Crippen LogP contribution in [0.1, 0.15) is 5.69 Å². The third kappa shape index (κ3) is 2.52. The second-order valence-corrected chi connectivity index (χ2v) is 2.28. The van der Waals surface area contributed by atoms with Gasteiger partial charge in [-0.1, -0.05) is 6.07 Å². The van der Waals surface area contributed by atoms with Gasteiger partial charge in [-0.15, -0.1) is 0 Å². The molecule has 1 N–H and O–H groups in total. The first-order valence-corrected chi connectivity index (χ1v) is 3.55. The summed E-state index contributed by atoms with van der Waals surface area (Å²) in [6.07, 6.45) is 3.03. The number of carbonyl (C=O) groups excluding carboxylic acids is 1. The average Bonchev–Trinajstić information content (AvgIpc) is 2.15. The van der Waals surface area contributed by atoms with Gasteiger partial charge in [0.2, 0.25) is 0 Å². The first-order chi connectivity index (χ1) is 6.24. The van der Waals surface area contributed by atoms with E-state index in [1.807, 2.05) is 0 Å². The van der Waals surface area contributed by atoms with Crippen molar-refractivity contribution in [2.45, 2.75) is 0 Å². The molecule has 1 rings (SSSR count). The van der Waals surface area contributed by atoms with Crippen LogP contribution in [0.25, 0.3) is 6.08 Å². The number of aliphatic carboxylic acids is 1. The molecule has 0 unspecified atom stereocenters. The summed E-state index contributed by atoms with van der Waals surface area (Å²) >= 11 is 0. The Morgan fingerprint density at radius 1 is 1.46 bits per heavy atom. The SMILES string of the molecule is O=CC(=Cc1ccccn1)C(=O)O. The number of hydrogen-bond donors (Lipinski definition) is 1. The first kappa shape index (κ1) is 9.12. The van der Waals surface area contributed by atoms with E-state index < -0.39 is 5.97 Å². The van der Waals surface area contributed by atoms with Gasteiger partial charge in [0.15, 0.2) is 6.29 Å². The number of carbonyl (C=O) groups is 2. The van der Waals surface area contributed by atoms with E-state index in [9.17, 15) is 9.59 Å². The van der Waals surface area contributed by atoms with Crippen molar-refractivity contribution in [2.75, 3.05) is 0 Å². The number of carboxylic acid groups (broad SMARTS) is 1. The van der Waals surface area contributed by atoms with Crippen LogP contribution in [0.15, 0.2) is 30.0 Å². The maximum absolute atomic E-state index is 10.4. The van der Waals surface area contributed by atoms with Crippen LogP contribution in [0, 0.1) is 0 Å². The Morgan fingerprint density at radius 3 is 2.69 bits per heavy atom. The Morgan fingerprint density at radius 2 is 2.23 bits per heavy atom. The highest BCUT2D eigenvalue weighted by molar-refractivity contribution is 6.10. The molecule has 0 spiro atoms. The van der Waals surface area contributed by atoms with Gasteiger partial charge in [-0.05, 0) is 18.2 Å².